The summed E-state index contributed by atoms with van der Waals surface area (Å²) in [4.78, 5) is 0. The fourth-order valence-electron chi connectivity index (χ4n) is 3.99. The van der Waals surface area contributed by atoms with Gasteiger partial charge in [0.25, 0.3) is 0 Å². The zero-order valence-electron chi connectivity index (χ0n) is 8.65. The number of hydrogen-bond acceptors (Lipinski definition) is 0. The Morgan fingerprint density at radius 1 is 0.846 bits per heavy atom. The Hall–Kier alpha value is 0. The van der Waals surface area contributed by atoms with E-state index < -0.39 is 0 Å². The van der Waals surface area contributed by atoms with Crippen LogP contribution in [0.5, 0.6) is 0 Å². The molecule has 0 bridgehead atoms. The van der Waals surface area contributed by atoms with Crippen LogP contribution in [0.1, 0.15) is 64.2 Å². The Morgan fingerprint density at radius 3 is 2.00 bits per heavy atom. The summed E-state index contributed by atoms with van der Waals surface area (Å²) in [6.07, 6.45) is 15.3. The third-order valence-corrected chi connectivity index (χ3v) is 4.77. The lowest BCUT2D eigenvalue weighted by atomic mass is 9.69. The maximum absolute atomic E-state index is 2.01. The van der Waals surface area contributed by atoms with Crippen LogP contribution in [-0.4, -0.2) is 0 Å². The molecule has 0 atom stereocenters. The van der Waals surface area contributed by atoms with Crippen LogP contribution in [-0.2, 0) is 0 Å². The lowest BCUT2D eigenvalue weighted by Crippen LogP contribution is -2.26. The smallest absolute Gasteiger partial charge is 0.0176 e. The highest BCUT2D eigenvalue weighted by Crippen LogP contribution is 2.62. The monoisotopic (exact) mass is 177 g/mol. The third-order valence-electron chi connectivity index (χ3n) is 4.77. The van der Waals surface area contributed by atoms with E-state index in [0.29, 0.717) is 0 Å². The highest BCUT2D eigenvalue weighted by molar-refractivity contribution is 5.16. The Balaban J connectivity index is 1.80. The van der Waals surface area contributed by atoms with Crippen LogP contribution >= 0.6 is 0 Å². The fourth-order valence-corrected chi connectivity index (χ4v) is 3.99. The Kier molecular flexibility index (Phi) is 1.92. The van der Waals surface area contributed by atoms with Crippen LogP contribution in [0.25, 0.3) is 0 Å². The molecule has 13 heavy (non-hydrogen) atoms. The van der Waals surface area contributed by atoms with Gasteiger partial charge in [0.05, 0.1) is 0 Å². The predicted octanol–water partition coefficient (Wildman–Crippen LogP) is 4.11. The maximum Gasteiger partial charge on any atom is -0.0176 e. The molecule has 0 N–H and O–H groups in total. The SMILES string of the molecule is C1CC[C](C2(C3CC3)CCCC2)C1. The molecular formula is C13H21. The topological polar surface area (TPSA) is 0 Å². The van der Waals surface area contributed by atoms with Gasteiger partial charge in [0.15, 0.2) is 0 Å². The van der Waals surface area contributed by atoms with Crippen molar-refractivity contribution in [2.24, 2.45) is 11.3 Å². The number of rotatable bonds is 2. The van der Waals surface area contributed by atoms with Crippen LogP contribution < -0.4 is 0 Å². The minimum Gasteiger partial charge on any atom is -0.0527 e. The van der Waals surface area contributed by atoms with Crippen molar-refractivity contribution in [3.05, 3.63) is 5.92 Å². The van der Waals surface area contributed by atoms with Gasteiger partial charge in [-0.2, -0.15) is 0 Å². The van der Waals surface area contributed by atoms with E-state index in [1.807, 2.05) is 5.92 Å². The first-order chi connectivity index (χ1) is 6.42. The van der Waals surface area contributed by atoms with E-state index >= 15 is 0 Å². The van der Waals surface area contributed by atoms with Gasteiger partial charge in [-0.15, -0.1) is 0 Å². The molecule has 1 radical (unpaired) electrons. The molecule has 0 amide bonds. The van der Waals surface area contributed by atoms with Gasteiger partial charge in [0, 0.05) is 0 Å². The van der Waals surface area contributed by atoms with Crippen molar-refractivity contribution in [1.29, 1.82) is 0 Å². The van der Waals surface area contributed by atoms with Crippen molar-refractivity contribution in [3.8, 4) is 0 Å². The molecule has 3 saturated carbocycles. The highest BCUT2D eigenvalue weighted by atomic mass is 14.6. The Bertz CT molecular complexity index is 178. The molecule has 3 aliphatic rings. The van der Waals surface area contributed by atoms with E-state index in [2.05, 4.69) is 0 Å². The van der Waals surface area contributed by atoms with Crippen molar-refractivity contribution in [2.75, 3.05) is 0 Å². The standard InChI is InChI=1S/C13H21/c1-2-6-11(5-1)13(12-7-8-12)9-3-4-10-13/h12H,1-10H2. The van der Waals surface area contributed by atoms with Crippen molar-refractivity contribution in [3.63, 3.8) is 0 Å². The molecule has 0 saturated heterocycles. The summed E-state index contributed by atoms with van der Waals surface area (Å²) in [5, 5.41) is 0. The third kappa shape index (κ3) is 1.25. The largest absolute Gasteiger partial charge is 0.0527 e. The van der Waals surface area contributed by atoms with Crippen LogP contribution in [0.2, 0.25) is 0 Å². The average Bonchev–Trinajstić information content (AvgIpc) is 2.73. The van der Waals surface area contributed by atoms with E-state index in [9.17, 15) is 0 Å². The van der Waals surface area contributed by atoms with Gasteiger partial charge in [0.2, 0.25) is 0 Å². The van der Waals surface area contributed by atoms with Crippen LogP contribution in [0.15, 0.2) is 0 Å². The molecule has 0 spiro atoms. The van der Waals surface area contributed by atoms with E-state index in [-0.39, 0.29) is 0 Å². The summed E-state index contributed by atoms with van der Waals surface area (Å²) < 4.78 is 0. The van der Waals surface area contributed by atoms with Crippen LogP contribution in [0.3, 0.4) is 0 Å². The molecule has 3 rings (SSSR count). The molecule has 3 fully saturated rings. The summed E-state index contributed by atoms with van der Waals surface area (Å²) in [5.41, 5.74) is 0.802. The van der Waals surface area contributed by atoms with Crippen molar-refractivity contribution in [2.45, 2.75) is 64.2 Å². The molecule has 0 aromatic heterocycles. The first kappa shape index (κ1) is 8.32. The van der Waals surface area contributed by atoms with Crippen molar-refractivity contribution in [1.82, 2.24) is 0 Å². The predicted molar refractivity (Wildman–Crippen MR) is 55.3 cm³/mol. The zero-order valence-corrected chi connectivity index (χ0v) is 8.65. The highest BCUT2D eigenvalue weighted by Gasteiger charge is 2.51. The van der Waals surface area contributed by atoms with Crippen molar-refractivity contribution >= 4 is 0 Å². The van der Waals surface area contributed by atoms with Gasteiger partial charge in [-0.3, -0.25) is 0 Å². The average molecular weight is 177 g/mol. The summed E-state index contributed by atoms with van der Waals surface area (Å²) in [5.74, 6) is 3.15. The maximum atomic E-state index is 2.01. The second-order valence-electron chi connectivity index (χ2n) is 5.45. The van der Waals surface area contributed by atoms with Gasteiger partial charge in [-0.1, -0.05) is 25.7 Å². The van der Waals surface area contributed by atoms with Crippen molar-refractivity contribution < 1.29 is 0 Å². The zero-order chi connectivity index (χ0) is 8.73. The second kappa shape index (κ2) is 3.00. The minimum absolute atomic E-state index is 0.802. The molecule has 73 valence electrons. The van der Waals surface area contributed by atoms with E-state index in [4.69, 9.17) is 0 Å². The molecular weight excluding hydrogens is 156 g/mol. The molecule has 0 aromatic rings. The Labute approximate surface area is 82.1 Å². The van der Waals surface area contributed by atoms with E-state index in [0.717, 1.165) is 11.3 Å². The van der Waals surface area contributed by atoms with Gasteiger partial charge < -0.3 is 0 Å². The molecule has 0 aliphatic heterocycles. The summed E-state index contributed by atoms with van der Waals surface area (Å²) in [7, 11) is 0. The molecule has 3 aliphatic carbocycles. The second-order valence-corrected chi connectivity index (χ2v) is 5.45. The molecule has 0 aromatic carbocycles. The van der Waals surface area contributed by atoms with Crippen LogP contribution in [0, 0.1) is 17.3 Å². The molecule has 0 heteroatoms. The lowest BCUT2D eigenvalue weighted by molar-refractivity contribution is 0.255. The Morgan fingerprint density at radius 2 is 1.46 bits per heavy atom. The van der Waals surface area contributed by atoms with Crippen LogP contribution in [0.4, 0.5) is 0 Å². The van der Waals surface area contributed by atoms with Gasteiger partial charge in [-0.25, -0.2) is 0 Å². The van der Waals surface area contributed by atoms with E-state index in [1.165, 1.54) is 38.5 Å². The van der Waals surface area contributed by atoms with Gasteiger partial charge in [0.1, 0.15) is 0 Å². The molecule has 0 nitrogen and oxygen atoms in total. The molecule has 0 unspecified atom stereocenters. The van der Waals surface area contributed by atoms with Gasteiger partial charge in [-0.05, 0) is 55.8 Å². The minimum atomic E-state index is 0.802. The fraction of sp³-hybridized carbons (Fsp3) is 0.923. The summed E-state index contributed by atoms with van der Waals surface area (Å²) >= 11 is 0. The summed E-state index contributed by atoms with van der Waals surface area (Å²) in [6.45, 7) is 0. The quantitative estimate of drug-likeness (QED) is 0.595. The van der Waals surface area contributed by atoms with Gasteiger partial charge >= 0.3 is 0 Å². The first-order valence-corrected chi connectivity index (χ1v) is 6.27. The normalized spacial score (nSPS) is 34.2. The first-order valence-electron chi connectivity index (χ1n) is 6.27. The molecule has 0 heterocycles. The lowest BCUT2D eigenvalue weighted by Gasteiger charge is -2.35. The number of hydrogen-bond donors (Lipinski definition) is 0. The van der Waals surface area contributed by atoms with E-state index in [1.54, 1.807) is 25.7 Å². The summed E-state index contributed by atoms with van der Waals surface area (Å²) in [6, 6.07) is 0.